The Kier molecular flexibility index (Phi) is 5.98. The molecular formula is C25H31N2O3+. The number of hydrogen-bond acceptors (Lipinski definition) is 4. The van der Waals surface area contributed by atoms with Gasteiger partial charge in [0.15, 0.2) is 24.2 Å². The van der Waals surface area contributed by atoms with E-state index in [9.17, 15) is 0 Å². The van der Waals surface area contributed by atoms with Crippen LogP contribution >= 0.6 is 0 Å². The van der Waals surface area contributed by atoms with Crippen LogP contribution < -0.4 is 24.1 Å². The van der Waals surface area contributed by atoms with E-state index in [1.165, 1.54) is 40.4 Å². The Bertz CT molecular complexity index is 1060. The minimum atomic E-state index is 0.762. The van der Waals surface area contributed by atoms with Crippen LogP contribution in [0.5, 0.6) is 17.2 Å². The fourth-order valence-electron chi connectivity index (χ4n) is 4.30. The van der Waals surface area contributed by atoms with Crippen LogP contribution in [0.25, 0.3) is 22.0 Å². The van der Waals surface area contributed by atoms with Crippen molar-refractivity contribution in [3.63, 3.8) is 0 Å². The average Bonchev–Trinajstić information content (AvgIpc) is 2.79. The Morgan fingerprint density at radius 2 is 1.70 bits per heavy atom. The zero-order valence-corrected chi connectivity index (χ0v) is 18.4. The van der Waals surface area contributed by atoms with E-state index in [1.54, 1.807) is 21.3 Å². The molecule has 0 saturated heterocycles. The Balaban J connectivity index is 1.81. The van der Waals surface area contributed by atoms with Gasteiger partial charge < -0.3 is 19.5 Å². The summed E-state index contributed by atoms with van der Waals surface area (Å²) in [5.74, 6) is 2.44. The monoisotopic (exact) mass is 407 g/mol. The SMILES string of the molecule is CCCCCNc1c(OC)ccc2cc3[n+](cc12)CCc1cc(OC)c(OC)cc1-3. The largest absolute Gasteiger partial charge is 0.495 e. The highest BCUT2D eigenvalue weighted by Gasteiger charge is 2.27. The number of methoxy groups -OCH3 is 3. The van der Waals surface area contributed by atoms with E-state index in [0.717, 1.165) is 48.9 Å². The van der Waals surface area contributed by atoms with Gasteiger partial charge in [-0.3, -0.25) is 0 Å². The van der Waals surface area contributed by atoms with E-state index in [2.05, 4.69) is 53.3 Å². The molecule has 0 spiro atoms. The lowest BCUT2D eigenvalue weighted by Crippen LogP contribution is -2.40. The molecule has 1 aromatic heterocycles. The van der Waals surface area contributed by atoms with Crippen LogP contribution in [-0.2, 0) is 13.0 Å². The van der Waals surface area contributed by atoms with Gasteiger partial charge in [0.05, 0.1) is 38.0 Å². The highest BCUT2D eigenvalue weighted by atomic mass is 16.5. The molecule has 1 aliphatic rings. The zero-order valence-electron chi connectivity index (χ0n) is 18.4. The molecule has 5 heteroatoms. The van der Waals surface area contributed by atoms with Gasteiger partial charge in [0.1, 0.15) is 5.75 Å². The Hall–Kier alpha value is -2.95. The lowest BCUT2D eigenvalue weighted by Gasteiger charge is -2.19. The van der Waals surface area contributed by atoms with Gasteiger partial charge in [0, 0.05) is 19.0 Å². The van der Waals surface area contributed by atoms with Crippen molar-refractivity contribution in [3.05, 3.63) is 42.1 Å². The maximum absolute atomic E-state index is 5.66. The molecule has 0 fully saturated rings. The third kappa shape index (κ3) is 3.64. The quantitative estimate of drug-likeness (QED) is 0.423. The fraction of sp³-hybridized carbons (Fsp3) is 0.400. The lowest BCUT2D eigenvalue weighted by atomic mass is 9.95. The van der Waals surface area contributed by atoms with Crippen LogP contribution in [0.2, 0.25) is 0 Å². The summed E-state index contributed by atoms with van der Waals surface area (Å²) in [6.45, 7) is 4.11. The summed E-state index contributed by atoms with van der Waals surface area (Å²) >= 11 is 0. The number of fused-ring (bicyclic) bond motifs is 4. The van der Waals surface area contributed by atoms with Crippen LogP contribution in [0, 0.1) is 0 Å². The van der Waals surface area contributed by atoms with Gasteiger partial charge in [-0.05, 0) is 35.6 Å². The number of aryl methyl sites for hydroxylation is 2. The molecule has 0 saturated carbocycles. The first-order valence-electron chi connectivity index (χ1n) is 10.7. The van der Waals surface area contributed by atoms with E-state index < -0.39 is 0 Å². The number of rotatable bonds is 8. The third-order valence-electron chi connectivity index (χ3n) is 5.94. The van der Waals surface area contributed by atoms with Crippen molar-refractivity contribution >= 4 is 16.5 Å². The van der Waals surface area contributed by atoms with Crippen LogP contribution in [0.15, 0.2) is 36.5 Å². The second-order valence-corrected chi connectivity index (χ2v) is 7.75. The van der Waals surface area contributed by atoms with Gasteiger partial charge in [-0.25, -0.2) is 0 Å². The van der Waals surface area contributed by atoms with Crippen molar-refractivity contribution < 1.29 is 18.8 Å². The molecule has 1 N–H and O–H groups in total. The molecule has 1 aliphatic heterocycles. The van der Waals surface area contributed by atoms with Crippen molar-refractivity contribution in [1.82, 2.24) is 0 Å². The topological polar surface area (TPSA) is 43.6 Å². The van der Waals surface area contributed by atoms with Crippen molar-refractivity contribution in [2.75, 3.05) is 33.2 Å². The Labute approximate surface area is 178 Å². The molecule has 158 valence electrons. The van der Waals surface area contributed by atoms with Crippen molar-refractivity contribution in [1.29, 1.82) is 0 Å². The molecule has 0 amide bonds. The van der Waals surface area contributed by atoms with Crippen LogP contribution in [0.3, 0.4) is 0 Å². The Morgan fingerprint density at radius 1 is 0.933 bits per heavy atom. The molecule has 0 radical (unpaired) electrons. The molecule has 5 nitrogen and oxygen atoms in total. The molecule has 30 heavy (non-hydrogen) atoms. The minimum absolute atomic E-state index is 0.762. The van der Waals surface area contributed by atoms with Gasteiger partial charge in [-0.2, -0.15) is 4.57 Å². The molecule has 0 bridgehead atoms. The minimum Gasteiger partial charge on any atom is -0.495 e. The summed E-state index contributed by atoms with van der Waals surface area (Å²) < 4.78 is 19.1. The molecule has 2 aromatic carbocycles. The first-order chi connectivity index (χ1) is 14.7. The van der Waals surface area contributed by atoms with Gasteiger partial charge in [-0.1, -0.05) is 25.8 Å². The van der Waals surface area contributed by atoms with E-state index in [4.69, 9.17) is 14.2 Å². The summed E-state index contributed by atoms with van der Waals surface area (Å²) in [4.78, 5) is 0. The second-order valence-electron chi connectivity index (χ2n) is 7.75. The number of pyridine rings is 1. The third-order valence-corrected chi connectivity index (χ3v) is 5.94. The van der Waals surface area contributed by atoms with Crippen molar-refractivity contribution in [2.45, 2.75) is 39.2 Å². The molecule has 4 rings (SSSR count). The molecular weight excluding hydrogens is 376 g/mol. The van der Waals surface area contributed by atoms with Crippen molar-refractivity contribution in [2.24, 2.45) is 0 Å². The highest BCUT2D eigenvalue weighted by Crippen LogP contribution is 2.39. The fourth-order valence-corrected chi connectivity index (χ4v) is 4.30. The number of nitrogens with one attached hydrogen (secondary N) is 1. The van der Waals surface area contributed by atoms with Crippen LogP contribution in [0.4, 0.5) is 5.69 Å². The maximum Gasteiger partial charge on any atom is 0.213 e. The lowest BCUT2D eigenvalue weighted by molar-refractivity contribution is -0.686. The molecule has 0 atom stereocenters. The summed E-state index contributed by atoms with van der Waals surface area (Å²) in [6.07, 6.45) is 6.82. The summed E-state index contributed by atoms with van der Waals surface area (Å²) in [6, 6.07) is 10.7. The smallest absolute Gasteiger partial charge is 0.213 e. The molecule has 2 heterocycles. The number of benzene rings is 2. The molecule has 0 unspecified atom stereocenters. The number of hydrogen-bond donors (Lipinski definition) is 1. The van der Waals surface area contributed by atoms with E-state index >= 15 is 0 Å². The highest BCUT2D eigenvalue weighted by molar-refractivity contribution is 5.97. The Morgan fingerprint density at radius 3 is 2.43 bits per heavy atom. The number of nitrogens with zero attached hydrogens (tertiary/aromatic N) is 1. The van der Waals surface area contributed by atoms with E-state index in [0.29, 0.717) is 0 Å². The molecule has 0 aliphatic carbocycles. The number of ether oxygens (including phenoxy) is 3. The number of anilines is 1. The summed E-state index contributed by atoms with van der Waals surface area (Å²) in [5.41, 5.74) is 4.78. The van der Waals surface area contributed by atoms with Crippen molar-refractivity contribution in [3.8, 4) is 28.5 Å². The maximum atomic E-state index is 5.66. The van der Waals surface area contributed by atoms with Crippen LogP contribution in [0.1, 0.15) is 31.7 Å². The predicted octanol–water partition coefficient (Wildman–Crippen LogP) is 4.98. The summed E-state index contributed by atoms with van der Waals surface area (Å²) in [5, 5.41) is 6.02. The zero-order chi connectivity index (χ0) is 21.1. The number of aromatic nitrogens is 1. The van der Waals surface area contributed by atoms with Gasteiger partial charge >= 0.3 is 0 Å². The van der Waals surface area contributed by atoms with Gasteiger partial charge in [-0.15, -0.1) is 0 Å². The predicted molar refractivity (Wildman–Crippen MR) is 121 cm³/mol. The summed E-state index contributed by atoms with van der Waals surface area (Å²) in [7, 11) is 5.11. The van der Waals surface area contributed by atoms with Gasteiger partial charge in [0.2, 0.25) is 5.69 Å². The second kappa shape index (κ2) is 8.82. The first kappa shape index (κ1) is 20.3. The standard InChI is InChI=1S/C25H30N2O3/c1-5-6-7-11-26-25-20-16-27-12-10-18-14-23(29-3)24(30-4)15-19(18)21(27)13-17(20)8-9-22(25)28-2/h8-9,13-16H,5-7,10-12H2,1-4H3/p+1. The van der Waals surface area contributed by atoms with Crippen LogP contribution in [-0.4, -0.2) is 27.9 Å². The normalized spacial score (nSPS) is 12.3. The average molecular weight is 408 g/mol. The molecule has 3 aromatic rings. The first-order valence-corrected chi connectivity index (χ1v) is 10.7. The number of unbranched alkanes of at least 4 members (excludes halogenated alkanes) is 2. The van der Waals surface area contributed by atoms with E-state index in [1.807, 2.05) is 0 Å². The van der Waals surface area contributed by atoms with E-state index in [-0.39, 0.29) is 0 Å². The van der Waals surface area contributed by atoms with Gasteiger partial charge in [0.25, 0.3) is 0 Å².